The molecule has 4 atom stereocenters. The highest BCUT2D eigenvalue weighted by atomic mass is 16.6. The molecule has 3 amide bonds. The Morgan fingerprint density at radius 2 is 1.82 bits per heavy atom. The van der Waals surface area contributed by atoms with Crippen molar-refractivity contribution in [3.05, 3.63) is 12.7 Å². The maximum Gasteiger partial charge on any atom is 0.408 e. The Morgan fingerprint density at radius 1 is 1.18 bits per heavy atom. The van der Waals surface area contributed by atoms with Gasteiger partial charge in [0.2, 0.25) is 11.8 Å². The van der Waals surface area contributed by atoms with Gasteiger partial charge in [-0.25, -0.2) is 9.59 Å². The number of hydrogen-bond acceptors (Lipinski definition) is 6. The second-order valence-corrected chi connectivity index (χ2v) is 10.9. The molecule has 2 N–H and O–H groups in total. The molecule has 2 fully saturated rings. The molecule has 1 aliphatic carbocycles. The normalized spacial score (nSPS) is 25.6. The van der Waals surface area contributed by atoms with Crippen LogP contribution >= 0.6 is 0 Å². The number of hydrogen-bond donors (Lipinski definition) is 2. The van der Waals surface area contributed by atoms with Crippen molar-refractivity contribution in [3.8, 4) is 0 Å². The molecule has 9 nitrogen and oxygen atoms in total. The second-order valence-electron chi connectivity index (χ2n) is 10.9. The Morgan fingerprint density at radius 3 is 2.30 bits per heavy atom. The average molecular weight is 466 g/mol. The molecule has 1 saturated carbocycles. The number of esters is 1. The molecule has 0 aromatic carbocycles. The van der Waals surface area contributed by atoms with Crippen molar-refractivity contribution < 1.29 is 28.7 Å². The minimum absolute atomic E-state index is 0.206. The summed E-state index contributed by atoms with van der Waals surface area (Å²) in [7, 11) is 0. The summed E-state index contributed by atoms with van der Waals surface area (Å²) in [5, 5.41) is 5.53. The minimum atomic E-state index is -1.12. The third-order valence-electron chi connectivity index (χ3n) is 5.90. The monoisotopic (exact) mass is 465 g/mol. The quantitative estimate of drug-likeness (QED) is 0.441. The summed E-state index contributed by atoms with van der Waals surface area (Å²) >= 11 is 0. The first-order chi connectivity index (χ1) is 15.2. The van der Waals surface area contributed by atoms with Crippen LogP contribution in [0, 0.1) is 11.3 Å². The number of nitrogens with one attached hydrogen (secondary N) is 2. The molecular weight excluding hydrogens is 426 g/mol. The predicted octanol–water partition coefficient (Wildman–Crippen LogP) is 2.54. The molecule has 0 aromatic heterocycles. The molecule has 1 heterocycles. The van der Waals surface area contributed by atoms with Crippen LogP contribution in [0.4, 0.5) is 4.79 Å². The molecule has 0 radical (unpaired) electrons. The first-order valence-electron chi connectivity index (χ1n) is 11.6. The van der Waals surface area contributed by atoms with Crippen LogP contribution in [0.2, 0.25) is 0 Å². The van der Waals surface area contributed by atoms with E-state index in [4.69, 9.17) is 9.47 Å². The van der Waals surface area contributed by atoms with Gasteiger partial charge in [-0.3, -0.25) is 9.59 Å². The zero-order valence-corrected chi connectivity index (χ0v) is 20.9. The largest absolute Gasteiger partial charge is 0.464 e. The van der Waals surface area contributed by atoms with Crippen molar-refractivity contribution in [1.29, 1.82) is 0 Å². The summed E-state index contributed by atoms with van der Waals surface area (Å²) < 4.78 is 10.5. The van der Waals surface area contributed by atoms with E-state index in [1.165, 1.54) is 4.90 Å². The molecule has 9 heteroatoms. The van der Waals surface area contributed by atoms with Gasteiger partial charge in [0.15, 0.2) is 0 Å². The van der Waals surface area contributed by atoms with Crippen molar-refractivity contribution >= 4 is 23.9 Å². The molecule has 0 spiro atoms. The van der Waals surface area contributed by atoms with E-state index in [1.807, 2.05) is 20.8 Å². The molecular formula is C24H39N3O6. The lowest BCUT2D eigenvalue weighted by Gasteiger charge is -2.36. The van der Waals surface area contributed by atoms with E-state index in [-0.39, 0.29) is 18.4 Å². The fourth-order valence-electron chi connectivity index (χ4n) is 4.11. The molecule has 0 bridgehead atoms. The van der Waals surface area contributed by atoms with Gasteiger partial charge >= 0.3 is 12.1 Å². The summed E-state index contributed by atoms with van der Waals surface area (Å²) in [5.74, 6) is -1.45. The molecule has 186 valence electrons. The highest BCUT2D eigenvalue weighted by molar-refractivity contribution is 5.96. The number of carbonyl (C=O) groups excluding carboxylic acids is 4. The summed E-state index contributed by atoms with van der Waals surface area (Å²) in [4.78, 5) is 53.1. The van der Waals surface area contributed by atoms with Crippen LogP contribution in [0.5, 0.6) is 0 Å². The van der Waals surface area contributed by atoms with E-state index in [9.17, 15) is 19.2 Å². The lowest BCUT2D eigenvalue weighted by atomic mass is 9.85. The lowest BCUT2D eigenvalue weighted by Crippen LogP contribution is -2.59. The maximum absolute atomic E-state index is 13.5. The zero-order chi connectivity index (χ0) is 25.2. The van der Waals surface area contributed by atoms with Crippen molar-refractivity contribution in [2.75, 3.05) is 13.2 Å². The van der Waals surface area contributed by atoms with Crippen molar-refractivity contribution in [2.24, 2.45) is 11.3 Å². The van der Waals surface area contributed by atoms with Crippen molar-refractivity contribution in [2.45, 2.75) is 91.0 Å². The Balaban J connectivity index is 2.18. The first-order valence-corrected chi connectivity index (χ1v) is 11.6. The van der Waals surface area contributed by atoms with Gasteiger partial charge in [-0.15, -0.1) is 6.58 Å². The van der Waals surface area contributed by atoms with E-state index >= 15 is 0 Å². The first kappa shape index (κ1) is 26.7. The number of amides is 3. The van der Waals surface area contributed by atoms with E-state index in [0.29, 0.717) is 25.8 Å². The third kappa shape index (κ3) is 6.26. The lowest BCUT2D eigenvalue weighted by molar-refractivity contribution is -0.150. The molecule has 1 saturated heterocycles. The SMILES string of the molecule is C=CC1CC1(NC(=O)[C@@H]1CCCN1C(=O)[C@@H](NC(=O)OC(C)(C)C)C(C)(C)C)C(=O)OCC. The van der Waals surface area contributed by atoms with E-state index < -0.39 is 46.6 Å². The smallest absolute Gasteiger partial charge is 0.408 e. The fraction of sp³-hybridized carbons (Fsp3) is 0.750. The Kier molecular flexibility index (Phi) is 7.86. The summed E-state index contributed by atoms with van der Waals surface area (Å²) in [6.45, 7) is 16.8. The third-order valence-corrected chi connectivity index (χ3v) is 5.90. The van der Waals surface area contributed by atoms with Gasteiger partial charge in [-0.05, 0) is 52.4 Å². The van der Waals surface area contributed by atoms with Crippen LogP contribution in [0.1, 0.15) is 67.7 Å². The van der Waals surface area contributed by atoms with Gasteiger partial charge in [-0.2, -0.15) is 0 Å². The van der Waals surface area contributed by atoms with Crippen LogP contribution < -0.4 is 10.6 Å². The topological polar surface area (TPSA) is 114 Å². The molecule has 0 aromatic rings. The second kappa shape index (κ2) is 9.73. The van der Waals surface area contributed by atoms with Crippen LogP contribution in [0.15, 0.2) is 12.7 Å². The van der Waals surface area contributed by atoms with E-state index in [2.05, 4.69) is 17.2 Å². The Labute approximate surface area is 196 Å². The zero-order valence-electron chi connectivity index (χ0n) is 20.9. The van der Waals surface area contributed by atoms with Gasteiger partial charge in [-0.1, -0.05) is 26.8 Å². The average Bonchev–Trinajstić information content (AvgIpc) is 3.16. The summed E-state index contributed by atoms with van der Waals surface area (Å²) in [6.07, 6.45) is 2.48. The van der Waals surface area contributed by atoms with Crippen molar-refractivity contribution in [1.82, 2.24) is 15.5 Å². The summed E-state index contributed by atoms with van der Waals surface area (Å²) in [6, 6.07) is -1.62. The summed E-state index contributed by atoms with van der Waals surface area (Å²) in [5.41, 5.74) is -2.45. The van der Waals surface area contributed by atoms with Crippen LogP contribution in [0.3, 0.4) is 0 Å². The molecule has 2 rings (SSSR count). The van der Waals surface area contributed by atoms with Gasteiger partial charge in [0, 0.05) is 12.5 Å². The van der Waals surface area contributed by atoms with Gasteiger partial charge in [0.25, 0.3) is 0 Å². The molecule has 2 aliphatic rings. The van der Waals surface area contributed by atoms with E-state index in [0.717, 1.165) is 0 Å². The number of carbonyl (C=O) groups is 4. The number of ether oxygens (including phenoxy) is 2. The maximum atomic E-state index is 13.5. The fourth-order valence-corrected chi connectivity index (χ4v) is 4.11. The van der Waals surface area contributed by atoms with E-state index in [1.54, 1.807) is 33.8 Å². The molecule has 1 aliphatic heterocycles. The minimum Gasteiger partial charge on any atom is -0.464 e. The molecule has 33 heavy (non-hydrogen) atoms. The van der Waals surface area contributed by atoms with Crippen LogP contribution in [0.25, 0.3) is 0 Å². The number of rotatable bonds is 7. The number of nitrogens with zero attached hydrogens (tertiary/aromatic N) is 1. The van der Waals surface area contributed by atoms with Crippen molar-refractivity contribution in [3.63, 3.8) is 0 Å². The molecule has 2 unspecified atom stereocenters. The van der Waals surface area contributed by atoms with Gasteiger partial charge in [0.05, 0.1) is 6.61 Å². The highest BCUT2D eigenvalue weighted by Gasteiger charge is 2.61. The van der Waals surface area contributed by atoms with Crippen LogP contribution in [-0.2, 0) is 23.9 Å². The Bertz CT molecular complexity index is 797. The van der Waals surface area contributed by atoms with Crippen LogP contribution in [-0.4, -0.2) is 65.2 Å². The van der Waals surface area contributed by atoms with Gasteiger partial charge in [0.1, 0.15) is 23.2 Å². The number of alkyl carbamates (subject to hydrolysis) is 1. The number of likely N-dealkylation sites (tertiary alicyclic amines) is 1. The standard InChI is InChI=1S/C24H39N3O6/c1-9-15-14-24(15,20(30)32-10-2)26-18(28)16-12-11-13-27(16)19(29)17(22(3,4)5)25-21(31)33-23(6,7)8/h9,15-17H,1,10-14H2,2-8H3,(H,25,31)(H,26,28)/t15?,16-,17+,24?/m0/s1. The predicted molar refractivity (Wildman–Crippen MR) is 123 cm³/mol. The highest BCUT2D eigenvalue weighted by Crippen LogP contribution is 2.45. The van der Waals surface area contributed by atoms with Gasteiger partial charge < -0.3 is 25.0 Å². The Hall–Kier alpha value is -2.58.